The number of nitrogens with one attached hydrogen (secondary N) is 1. The third-order valence-corrected chi connectivity index (χ3v) is 8.21. The van der Waals surface area contributed by atoms with E-state index in [0.29, 0.717) is 49.9 Å². The van der Waals surface area contributed by atoms with Gasteiger partial charge in [-0.2, -0.15) is 0 Å². The van der Waals surface area contributed by atoms with Crippen molar-refractivity contribution in [1.29, 1.82) is 0 Å². The number of carbonyl (C=O) groups is 2. The van der Waals surface area contributed by atoms with Gasteiger partial charge in [-0.25, -0.2) is 4.79 Å². The van der Waals surface area contributed by atoms with Crippen molar-refractivity contribution >= 4 is 51.7 Å². The number of ether oxygens (including phenoxy) is 1. The Labute approximate surface area is 243 Å². The van der Waals surface area contributed by atoms with Gasteiger partial charge in [-0.05, 0) is 91.9 Å². The lowest BCUT2D eigenvalue weighted by Gasteiger charge is -2.36. The Bertz CT molecular complexity index is 1530. The summed E-state index contributed by atoms with van der Waals surface area (Å²) in [6.07, 6.45) is 1.40. The lowest BCUT2D eigenvalue weighted by Crippen LogP contribution is -2.49. The van der Waals surface area contributed by atoms with Crippen LogP contribution in [0.3, 0.4) is 0 Å². The predicted molar refractivity (Wildman–Crippen MR) is 160 cm³/mol. The highest BCUT2D eigenvalue weighted by molar-refractivity contribution is 6.32. The van der Waals surface area contributed by atoms with Gasteiger partial charge in [-0.3, -0.25) is 4.79 Å². The number of fused-ring (bicyclic) bond motifs is 1. The maximum atomic E-state index is 13.7. The van der Waals surface area contributed by atoms with Crippen molar-refractivity contribution in [3.05, 3.63) is 92.6 Å². The summed E-state index contributed by atoms with van der Waals surface area (Å²) in [5, 5.41) is 11.5. The second-order valence-corrected chi connectivity index (χ2v) is 10.9. The summed E-state index contributed by atoms with van der Waals surface area (Å²) in [5.41, 5.74) is 5.57. The summed E-state index contributed by atoms with van der Waals surface area (Å²) in [7, 11) is 0. The van der Waals surface area contributed by atoms with Gasteiger partial charge in [-0.1, -0.05) is 29.3 Å². The van der Waals surface area contributed by atoms with Crippen LogP contribution < -0.4 is 9.64 Å². The third kappa shape index (κ3) is 5.91. The van der Waals surface area contributed by atoms with Gasteiger partial charge >= 0.3 is 5.97 Å². The van der Waals surface area contributed by atoms with Gasteiger partial charge in [0.2, 0.25) is 0 Å². The number of halogens is 2. The number of carboxylic acid groups (broad SMARTS) is 1. The number of benzene rings is 3. The molecule has 7 nitrogen and oxygen atoms in total. The maximum absolute atomic E-state index is 13.7. The molecule has 0 unspecified atom stereocenters. The molecular formula is C31H31Cl2N3O4. The normalized spacial score (nSPS) is 13.6. The van der Waals surface area contributed by atoms with Crippen LogP contribution in [0.1, 0.15) is 44.0 Å². The predicted octanol–water partition coefficient (Wildman–Crippen LogP) is 6.76. The second-order valence-electron chi connectivity index (χ2n) is 10.1. The Morgan fingerprint density at radius 1 is 0.950 bits per heavy atom. The van der Waals surface area contributed by atoms with E-state index in [1.165, 1.54) is 0 Å². The van der Waals surface area contributed by atoms with Gasteiger partial charge in [0.05, 0.1) is 12.2 Å². The number of H-pyrrole nitrogens is 1. The van der Waals surface area contributed by atoms with E-state index in [4.69, 9.17) is 33.0 Å². The maximum Gasteiger partial charge on any atom is 0.335 e. The molecular weight excluding hydrogens is 549 g/mol. The molecule has 0 saturated carbocycles. The zero-order valence-corrected chi connectivity index (χ0v) is 24.0. The molecule has 2 N–H and O–H groups in total. The first kappa shape index (κ1) is 27.9. The van der Waals surface area contributed by atoms with E-state index in [1.54, 1.807) is 12.1 Å². The lowest BCUT2D eigenvalue weighted by atomic mass is 10.0. The molecule has 1 aliphatic rings. The standard InChI is InChI=1S/C31H31Cl2N3O4/c1-19-16-24(17-20(2)28(19)33)40-15-3-4-26-25-10-7-22(32)18-27(25)34-29(26)30(37)36-13-11-35(12-14-36)23-8-5-21(6-9-23)31(38)39/h5-10,16-18,34H,3-4,11-15H2,1-2H3,(H,38,39). The molecule has 1 amide bonds. The van der Waals surface area contributed by atoms with Crippen LogP contribution in [-0.4, -0.2) is 59.7 Å². The Morgan fingerprint density at radius 3 is 2.27 bits per heavy atom. The fourth-order valence-electron chi connectivity index (χ4n) is 5.24. The quantitative estimate of drug-likeness (QED) is 0.225. The van der Waals surface area contributed by atoms with Crippen LogP contribution in [0.5, 0.6) is 5.75 Å². The Hall–Kier alpha value is -3.68. The molecule has 9 heteroatoms. The van der Waals surface area contributed by atoms with E-state index >= 15 is 0 Å². The van der Waals surface area contributed by atoms with Gasteiger partial charge in [-0.15, -0.1) is 0 Å². The molecule has 1 saturated heterocycles. The summed E-state index contributed by atoms with van der Waals surface area (Å²) in [4.78, 5) is 32.3. The van der Waals surface area contributed by atoms with E-state index in [-0.39, 0.29) is 11.5 Å². The van der Waals surface area contributed by atoms with Crippen molar-refractivity contribution in [3.8, 4) is 5.75 Å². The number of hydrogen-bond acceptors (Lipinski definition) is 4. The van der Waals surface area contributed by atoms with Crippen LogP contribution in [0.2, 0.25) is 10.0 Å². The van der Waals surface area contributed by atoms with Gasteiger partial charge < -0.3 is 24.6 Å². The van der Waals surface area contributed by atoms with E-state index < -0.39 is 5.97 Å². The number of nitrogens with zero attached hydrogens (tertiary/aromatic N) is 2. The minimum Gasteiger partial charge on any atom is -0.494 e. The molecule has 0 bridgehead atoms. The van der Waals surface area contributed by atoms with Gasteiger partial charge in [0.25, 0.3) is 5.91 Å². The third-order valence-electron chi connectivity index (χ3n) is 7.38. The van der Waals surface area contributed by atoms with Gasteiger partial charge in [0, 0.05) is 52.8 Å². The summed E-state index contributed by atoms with van der Waals surface area (Å²) in [6.45, 7) is 6.88. The monoisotopic (exact) mass is 579 g/mol. The second kappa shape index (κ2) is 11.8. The number of piperazine rings is 1. The zero-order chi connectivity index (χ0) is 28.4. The number of aromatic nitrogens is 1. The van der Waals surface area contributed by atoms with Crippen LogP contribution in [-0.2, 0) is 6.42 Å². The number of hydrogen-bond donors (Lipinski definition) is 2. The largest absolute Gasteiger partial charge is 0.494 e. The molecule has 0 atom stereocenters. The van der Waals surface area contributed by atoms with Crippen molar-refractivity contribution in [1.82, 2.24) is 9.88 Å². The number of amides is 1. The number of anilines is 1. The van der Waals surface area contributed by atoms with E-state index in [0.717, 1.165) is 50.5 Å². The molecule has 0 radical (unpaired) electrons. The first-order valence-electron chi connectivity index (χ1n) is 13.3. The molecule has 0 aliphatic carbocycles. The van der Waals surface area contributed by atoms with Crippen LogP contribution >= 0.6 is 23.2 Å². The van der Waals surface area contributed by atoms with Crippen molar-refractivity contribution in [2.24, 2.45) is 0 Å². The zero-order valence-electron chi connectivity index (χ0n) is 22.5. The molecule has 0 spiro atoms. The molecule has 4 aromatic rings. The molecule has 1 fully saturated rings. The molecule has 1 aromatic heterocycles. The SMILES string of the molecule is Cc1cc(OCCCc2c(C(=O)N3CCN(c4ccc(C(=O)O)cc4)CC3)[nH]c3cc(Cl)ccc23)cc(C)c1Cl. The van der Waals surface area contributed by atoms with Crippen LogP contribution in [0.4, 0.5) is 5.69 Å². The highest BCUT2D eigenvalue weighted by Crippen LogP contribution is 2.29. The fraction of sp³-hybridized carbons (Fsp3) is 0.290. The van der Waals surface area contributed by atoms with E-state index in [2.05, 4.69) is 9.88 Å². The fourth-order valence-corrected chi connectivity index (χ4v) is 5.52. The molecule has 5 rings (SSSR count). The Balaban J connectivity index is 1.27. The number of aryl methyl sites for hydroxylation is 3. The summed E-state index contributed by atoms with van der Waals surface area (Å²) < 4.78 is 6.02. The van der Waals surface area contributed by atoms with E-state index in [9.17, 15) is 9.59 Å². The minimum absolute atomic E-state index is 0.0342. The summed E-state index contributed by atoms with van der Waals surface area (Å²) in [6, 6.07) is 16.4. The smallest absolute Gasteiger partial charge is 0.335 e. The molecule has 1 aliphatic heterocycles. The number of carbonyl (C=O) groups excluding carboxylic acids is 1. The average Bonchev–Trinajstić information content (AvgIpc) is 3.31. The molecule has 2 heterocycles. The highest BCUT2D eigenvalue weighted by Gasteiger charge is 2.26. The Kier molecular flexibility index (Phi) is 8.24. The number of aromatic amines is 1. The first-order valence-corrected chi connectivity index (χ1v) is 14.0. The van der Waals surface area contributed by atoms with Gasteiger partial charge in [0.1, 0.15) is 11.4 Å². The minimum atomic E-state index is -0.945. The topological polar surface area (TPSA) is 85.9 Å². The van der Waals surface area contributed by atoms with Crippen molar-refractivity contribution in [2.45, 2.75) is 26.7 Å². The summed E-state index contributed by atoms with van der Waals surface area (Å²) in [5.74, 6) is -0.191. The number of rotatable bonds is 8. The van der Waals surface area contributed by atoms with Crippen LogP contribution in [0.25, 0.3) is 10.9 Å². The molecule has 3 aromatic carbocycles. The van der Waals surface area contributed by atoms with Gasteiger partial charge in [0.15, 0.2) is 0 Å². The van der Waals surface area contributed by atoms with Crippen LogP contribution in [0, 0.1) is 13.8 Å². The molecule has 40 heavy (non-hydrogen) atoms. The van der Waals surface area contributed by atoms with Crippen LogP contribution in [0.15, 0.2) is 54.6 Å². The summed E-state index contributed by atoms with van der Waals surface area (Å²) >= 11 is 12.5. The molecule has 208 valence electrons. The average molecular weight is 581 g/mol. The van der Waals surface area contributed by atoms with E-state index in [1.807, 2.05) is 61.2 Å². The lowest BCUT2D eigenvalue weighted by molar-refractivity contribution is 0.0694. The highest BCUT2D eigenvalue weighted by atomic mass is 35.5. The van der Waals surface area contributed by atoms with Crippen molar-refractivity contribution in [3.63, 3.8) is 0 Å². The first-order chi connectivity index (χ1) is 19.2. The number of carboxylic acids is 1. The van der Waals surface area contributed by atoms with Crippen molar-refractivity contribution in [2.75, 3.05) is 37.7 Å². The Morgan fingerprint density at radius 2 is 1.62 bits per heavy atom. The number of aromatic carboxylic acids is 1. The van der Waals surface area contributed by atoms with Crippen molar-refractivity contribution < 1.29 is 19.4 Å².